The first-order chi connectivity index (χ1) is 15.3. The van der Waals surface area contributed by atoms with E-state index in [1.165, 1.54) is 11.1 Å². The molecule has 5 aromatic rings. The Labute approximate surface area is 189 Å². The zero-order valence-electron chi connectivity index (χ0n) is 16.8. The highest BCUT2D eigenvalue weighted by atomic mass is 79.9. The molecule has 0 atom stereocenters. The first kappa shape index (κ1) is 19.4. The standard InChI is InChI=1S/C28H20BrNO/c29-23(19-30-24-15-12-22(13-16-24)21-6-2-1-3-7-21)14-10-20-11-17-28-26(18-20)25-8-4-5-9-27(25)31-28/h1-19,30H/b14-10-,23-19+. The number of furan rings is 1. The minimum atomic E-state index is 0.911. The van der Waals surface area contributed by atoms with Crippen LogP contribution in [0.4, 0.5) is 5.69 Å². The number of nitrogens with one attached hydrogen (secondary N) is 1. The Balaban J connectivity index is 1.29. The molecular weight excluding hydrogens is 446 g/mol. The van der Waals surface area contributed by atoms with Crippen molar-refractivity contribution in [2.75, 3.05) is 5.32 Å². The van der Waals surface area contributed by atoms with Gasteiger partial charge in [0, 0.05) is 27.1 Å². The number of halogens is 1. The quantitative estimate of drug-likeness (QED) is 0.262. The third kappa shape index (κ3) is 4.32. The SMILES string of the molecule is BrC(/C=C\c1ccc2oc3ccccc3c2c1)=C/Nc1ccc(-c2ccccc2)cc1. The highest BCUT2D eigenvalue weighted by molar-refractivity contribution is 9.11. The van der Waals surface area contributed by atoms with Crippen LogP contribution in [0.2, 0.25) is 0 Å². The predicted octanol–water partition coefficient (Wildman–Crippen LogP) is 8.61. The minimum absolute atomic E-state index is 0.911. The van der Waals surface area contributed by atoms with Gasteiger partial charge in [0.05, 0.1) is 0 Å². The molecule has 0 bridgehead atoms. The third-order valence-electron chi connectivity index (χ3n) is 5.20. The topological polar surface area (TPSA) is 25.2 Å². The van der Waals surface area contributed by atoms with E-state index in [0.29, 0.717) is 0 Å². The van der Waals surface area contributed by atoms with E-state index in [-0.39, 0.29) is 0 Å². The van der Waals surface area contributed by atoms with Gasteiger partial charge in [-0.2, -0.15) is 0 Å². The van der Waals surface area contributed by atoms with Crippen LogP contribution in [0.25, 0.3) is 39.1 Å². The molecule has 31 heavy (non-hydrogen) atoms. The van der Waals surface area contributed by atoms with Crippen molar-refractivity contribution in [1.82, 2.24) is 0 Å². The van der Waals surface area contributed by atoms with E-state index >= 15 is 0 Å². The average Bonchev–Trinajstić information content (AvgIpc) is 3.20. The predicted molar refractivity (Wildman–Crippen MR) is 135 cm³/mol. The van der Waals surface area contributed by atoms with Gasteiger partial charge in [-0.15, -0.1) is 0 Å². The summed E-state index contributed by atoms with van der Waals surface area (Å²) in [5, 5.41) is 5.61. The molecule has 0 spiro atoms. The first-order valence-electron chi connectivity index (χ1n) is 10.1. The highest BCUT2D eigenvalue weighted by Crippen LogP contribution is 2.29. The van der Waals surface area contributed by atoms with E-state index in [9.17, 15) is 0 Å². The first-order valence-corrected chi connectivity index (χ1v) is 10.9. The van der Waals surface area contributed by atoms with Crippen LogP contribution in [0.15, 0.2) is 118 Å². The van der Waals surface area contributed by atoms with E-state index in [2.05, 4.69) is 94.1 Å². The summed E-state index contributed by atoms with van der Waals surface area (Å²) >= 11 is 3.62. The maximum absolute atomic E-state index is 5.90. The molecule has 0 unspecified atom stereocenters. The summed E-state index contributed by atoms with van der Waals surface area (Å²) in [4.78, 5) is 0. The van der Waals surface area contributed by atoms with Crippen LogP contribution >= 0.6 is 15.9 Å². The lowest BCUT2D eigenvalue weighted by Crippen LogP contribution is -1.88. The van der Waals surface area contributed by atoms with Crippen molar-refractivity contribution in [3.63, 3.8) is 0 Å². The highest BCUT2D eigenvalue weighted by Gasteiger charge is 2.05. The Morgan fingerprint density at radius 1 is 0.710 bits per heavy atom. The van der Waals surface area contributed by atoms with Crippen LogP contribution < -0.4 is 5.32 Å². The van der Waals surface area contributed by atoms with Gasteiger partial charge < -0.3 is 9.73 Å². The smallest absolute Gasteiger partial charge is 0.135 e. The molecule has 0 saturated carbocycles. The molecule has 1 aromatic heterocycles. The Kier molecular flexibility index (Phi) is 5.42. The monoisotopic (exact) mass is 465 g/mol. The second kappa shape index (κ2) is 8.66. The van der Waals surface area contributed by atoms with Crippen LogP contribution in [-0.4, -0.2) is 0 Å². The number of allylic oxidation sites excluding steroid dienone is 2. The van der Waals surface area contributed by atoms with Gasteiger partial charge in [-0.1, -0.05) is 72.8 Å². The average molecular weight is 466 g/mol. The summed E-state index contributed by atoms with van der Waals surface area (Å²) in [6.45, 7) is 0. The molecule has 0 saturated heterocycles. The summed E-state index contributed by atoms with van der Waals surface area (Å²) in [6, 6.07) is 33.2. The number of benzene rings is 4. The molecule has 0 radical (unpaired) electrons. The summed E-state index contributed by atoms with van der Waals surface area (Å²) < 4.78 is 6.86. The van der Waals surface area contributed by atoms with E-state index < -0.39 is 0 Å². The molecule has 0 aliphatic rings. The Bertz CT molecular complexity index is 1400. The number of para-hydroxylation sites is 1. The number of hydrogen-bond acceptors (Lipinski definition) is 2. The maximum atomic E-state index is 5.90. The van der Waals surface area contributed by atoms with Crippen LogP contribution in [0, 0.1) is 0 Å². The van der Waals surface area contributed by atoms with Crippen molar-refractivity contribution in [3.05, 3.63) is 119 Å². The third-order valence-corrected chi connectivity index (χ3v) is 5.70. The van der Waals surface area contributed by atoms with Crippen molar-refractivity contribution in [2.45, 2.75) is 0 Å². The van der Waals surface area contributed by atoms with Gasteiger partial charge in [-0.3, -0.25) is 0 Å². The molecule has 0 aliphatic heterocycles. The molecule has 150 valence electrons. The molecule has 0 amide bonds. The van der Waals surface area contributed by atoms with E-state index in [1.807, 2.05) is 42.6 Å². The van der Waals surface area contributed by atoms with Crippen molar-refractivity contribution in [3.8, 4) is 11.1 Å². The molecule has 3 heteroatoms. The Hall–Kier alpha value is -3.56. The lowest BCUT2D eigenvalue weighted by molar-refractivity contribution is 0.669. The summed E-state index contributed by atoms with van der Waals surface area (Å²) in [6.07, 6.45) is 6.07. The van der Waals surface area contributed by atoms with E-state index in [4.69, 9.17) is 4.42 Å². The zero-order chi connectivity index (χ0) is 21.0. The van der Waals surface area contributed by atoms with Gasteiger partial charge in [0.15, 0.2) is 0 Å². The van der Waals surface area contributed by atoms with Crippen LogP contribution in [-0.2, 0) is 0 Å². The second-order valence-electron chi connectivity index (χ2n) is 7.30. The second-order valence-corrected chi connectivity index (χ2v) is 8.22. The molecule has 0 fully saturated rings. The van der Waals surface area contributed by atoms with Crippen molar-refractivity contribution in [1.29, 1.82) is 0 Å². The molecule has 5 rings (SSSR count). The van der Waals surface area contributed by atoms with Gasteiger partial charge in [0.1, 0.15) is 11.2 Å². The van der Waals surface area contributed by atoms with Gasteiger partial charge in [0.25, 0.3) is 0 Å². The fourth-order valence-electron chi connectivity index (χ4n) is 3.61. The molecular formula is C28H20BrNO. The number of rotatable bonds is 5. The minimum Gasteiger partial charge on any atom is -0.456 e. The van der Waals surface area contributed by atoms with Crippen LogP contribution in [0.3, 0.4) is 0 Å². The van der Waals surface area contributed by atoms with Crippen LogP contribution in [0.1, 0.15) is 5.56 Å². The molecule has 0 aliphatic carbocycles. The van der Waals surface area contributed by atoms with E-state index in [1.54, 1.807) is 0 Å². The zero-order valence-corrected chi connectivity index (χ0v) is 18.3. The Morgan fingerprint density at radius 3 is 2.26 bits per heavy atom. The fourth-order valence-corrected chi connectivity index (χ4v) is 3.86. The summed E-state index contributed by atoms with van der Waals surface area (Å²) in [5.41, 5.74) is 6.41. The Morgan fingerprint density at radius 2 is 1.42 bits per heavy atom. The van der Waals surface area contributed by atoms with E-state index in [0.717, 1.165) is 37.7 Å². The summed E-state index contributed by atoms with van der Waals surface area (Å²) in [7, 11) is 0. The number of anilines is 1. The van der Waals surface area contributed by atoms with Crippen LogP contribution in [0.5, 0.6) is 0 Å². The van der Waals surface area contributed by atoms with Gasteiger partial charge >= 0.3 is 0 Å². The molecule has 4 aromatic carbocycles. The largest absolute Gasteiger partial charge is 0.456 e. The lowest BCUT2D eigenvalue weighted by Gasteiger charge is -2.04. The molecule has 1 N–H and O–H groups in total. The van der Waals surface area contributed by atoms with Gasteiger partial charge in [0.2, 0.25) is 0 Å². The van der Waals surface area contributed by atoms with Crippen molar-refractivity contribution in [2.24, 2.45) is 0 Å². The summed E-state index contributed by atoms with van der Waals surface area (Å²) in [5.74, 6) is 0. The fraction of sp³-hybridized carbons (Fsp3) is 0. The molecule has 2 nitrogen and oxygen atoms in total. The van der Waals surface area contributed by atoms with Crippen molar-refractivity contribution >= 4 is 49.6 Å². The van der Waals surface area contributed by atoms with Crippen molar-refractivity contribution < 1.29 is 4.42 Å². The number of hydrogen-bond donors (Lipinski definition) is 1. The number of fused-ring (bicyclic) bond motifs is 3. The normalized spacial score (nSPS) is 12.1. The lowest BCUT2D eigenvalue weighted by atomic mass is 10.1. The maximum Gasteiger partial charge on any atom is 0.135 e. The van der Waals surface area contributed by atoms with Gasteiger partial charge in [-0.05, 0) is 69.0 Å². The van der Waals surface area contributed by atoms with Gasteiger partial charge in [-0.25, -0.2) is 0 Å². The molecule has 1 heterocycles.